The lowest BCUT2D eigenvalue weighted by molar-refractivity contribution is 0.599. The maximum Gasteiger partial charge on any atom is 0.252 e. The second-order valence-corrected chi connectivity index (χ2v) is 4.59. The average molecular weight is 231 g/mol. The van der Waals surface area contributed by atoms with E-state index < -0.39 is 0 Å². The highest BCUT2D eigenvalue weighted by Crippen LogP contribution is 2.11. The Labute approximate surface area is 100 Å². The molecule has 90 valence electrons. The second-order valence-electron chi connectivity index (χ2n) is 4.59. The molecule has 0 amide bonds. The molecule has 0 aromatic carbocycles. The zero-order valence-corrected chi connectivity index (χ0v) is 10.1. The summed E-state index contributed by atoms with van der Waals surface area (Å²) in [5, 5.41) is 7.89. The van der Waals surface area contributed by atoms with Gasteiger partial charge in [0.25, 0.3) is 5.78 Å². The highest BCUT2D eigenvalue weighted by atomic mass is 15.3. The Balaban J connectivity index is 1.84. The van der Waals surface area contributed by atoms with E-state index in [0.717, 1.165) is 25.2 Å². The van der Waals surface area contributed by atoms with E-state index in [1.54, 1.807) is 4.52 Å². The summed E-state index contributed by atoms with van der Waals surface area (Å²) < 4.78 is 1.79. The molecule has 3 rings (SSSR count). The fourth-order valence-electron chi connectivity index (χ4n) is 2.33. The van der Waals surface area contributed by atoms with Gasteiger partial charge in [-0.05, 0) is 31.4 Å². The molecular formula is C12H17N5. The Kier molecular flexibility index (Phi) is 2.76. The predicted octanol–water partition coefficient (Wildman–Crippen LogP) is 0.981. The lowest BCUT2D eigenvalue weighted by Crippen LogP contribution is -2.23. The minimum absolute atomic E-state index is 0.600. The Morgan fingerprint density at radius 2 is 2.47 bits per heavy atom. The highest BCUT2D eigenvalue weighted by Gasteiger charge is 2.15. The molecule has 5 nitrogen and oxygen atoms in total. The van der Waals surface area contributed by atoms with E-state index in [2.05, 4.69) is 33.5 Å². The molecule has 1 fully saturated rings. The van der Waals surface area contributed by atoms with Gasteiger partial charge >= 0.3 is 0 Å². The Morgan fingerprint density at radius 1 is 1.53 bits per heavy atom. The molecule has 0 spiro atoms. The Morgan fingerprint density at radius 3 is 3.24 bits per heavy atom. The first kappa shape index (κ1) is 10.7. The van der Waals surface area contributed by atoms with Crippen molar-refractivity contribution >= 4 is 5.78 Å². The standard InChI is InChI=1S/C12H17N5/c1-2-11-15-12-14-7-9(8-17(12)16-11)6-10-4-3-5-13-10/h7-8,10,13H,2-6H2,1H3. The highest BCUT2D eigenvalue weighted by molar-refractivity contribution is 5.28. The molecule has 1 N–H and O–H groups in total. The first-order valence-electron chi connectivity index (χ1n) is 6.28. The van der Waals surface area contributed by atoms with Crippen molar-refractivity contribution in [2.75, 3.05) is 6.54 Å². The van der Waals surface area contributed by atoms with Crippen molar-refractivity contribution in [3.05, 3.63) is 23.8 Å². The van der Waals surface area contributed by atoms with Crippen molar-refractivity contribution in [3.8, 4) is 0 Å². The summed E-state index contributed by atoms with van der Waals surface area (Å²) in [4.78, 5) is 8.68. The van der Waals surface area contributed by atoms with Gasteiger partial charge in [-0.2, -0.15) is 4.98 Å². The number of rotatable bonds is 3. The molecule has 17 heavy (non-hydrogen) atoms. The fraction of sp³-hybridized carbons (Fsp3) is 0.583. The van der Waals surface area contributed by atoms with E-state index in [1.807, 2.05) is 6.20 Å². The van der Waals surface area contributed by atoms with Crippen LogP contribution in [-0.2, 0) is 12.8 Å². The van der Waals surface area contributed by atoms with Crippen LogP contribution in [0.2, 0.25) is 0 Å². The summed E-state index contributed by atoms with van der Waals surface area (Å²) >= 11 is 0. The van der Waals surface area contributed by atoms with Gasteiger partial charge in [0.05, 0.1) is 0 Å². The lowest BCUT2D eigenvalue weighted by atomic mass is 10.1. The van der Waals surface area contributed by atoms with Crippen molar-refractivity contribution in [1.82, 2.24) is 24.9 Å². The van der Waals surface area contributed by atoms with Crippen LogP contribution in [0.4, 0.5) is 0 Å². The molecule has 1 saturated heterocycles. The van der Waals surface area contributed by atoms with Gasteiger partial charge in [0.2, 0.25) is 0 Å². The van der Waals surface area contributed by atoms with Crippen molar-refractivity contribution in [2.24, 2.45) is 0 Å². The SMILES string of the molecule is CCc1nc2ncc(CC3CCCN3)cn2n1. The molecule has 5 heteroatoms. The summed E-state index contributed by atoms with van der Waals surface area (Å²) in [5.74, 6) is 1.55. The van der Waals surface area contributed by atoms with Gasteiger partial charge in [-0.15, -0.1) is 5.10 Å². The van der Waals surface area contributed by atoms with Crippen LogP contribution in [0.1, 0.15) is 31.2 Å². The molecule has 0 saturated carbocycles. The van der Waals surface area contributed by atoms with Crippen LogP contribution in [0.5, 0.6) is 0 Å². The molecule has 3 heterocycles. The largest absolute Gasteiger partial charge is 0.314 e. The third-order valence-corrected chi connectivity index (χ3v) is 3.25. The molecule has 1 atom stereocenters. The van der Waals surface area contributed by atoms with Crippen molar-refractivity contribution in [3.63, 3.8) is 0 Å². The van der Waals surface area contributed by atoms with Gasteiger partial charge in [-0.1, -0.05) is 6.92 Å². The number of hydrogen-bond donors (Lipinski definition) is 1. The molecule has 0 aliphatic carbocycles. The van der Waals surface area contributed by atoms with E-state index in [9.17, 15) is 0 Å². The Bertz CT molecular complexity index is 513. The van der Waals surface area contributed by atoms with Gasteiger partial charge in [0, 0.05) is 24.9 Å². The van der Waals surface area contributed by atoms with E-state index in [1.165, 1.54) is 18.4 Å². The number of aryl methyl sites for hydroxylation is 1. The maximum atomic E-state index is 4.39. The van der Waals surface area contributed by atoms with Crippen LogP contribution in [0.3, 0.4) is 0 Å². The van der Waals surface area contributed by atoms with Gasteiger partial charge in [0.1, 0.15) is 0 Å². The normalized spacial score (nSPS) is 20.2. The number of nitrogens with zero attached hydrogens (tertiary/aromatic N) is 4. The van der Waals surface area contributed by atoms with Crippen LogP contribution >= 0.6 is 0 Å². The van der Waals surface area contributed by atoms with Gasteiger partial charge in [-0.25, -0.2) is 9.50 Å². The number of hydrogen-bond acceptors (Lipinski definition) is 4. The van der Waals surface area contributed by atoms with Crippen molar-refractivity contribution in [1.29, 1.82) is 0 Å². The maximum absolute atomic E-state index is 4.39. The number of aromatic nitrogens is 4. The summed E-state index contributed by atoms with van der Waals surface area (Å²) in [7, 11) is 0. The first-order valence-corrected chi connectivity index (χ1v) is 6.28. The summed E-state index contributed by atoms with van der Waals surface area (Å²) in [6, 6.07) is 0.600. The molecule has 1 aliphatic rings. The van der Waals surface area contributed by atoms with Crippen LogP contribution in [-0.4, -0.2) is 32.2 Å². The summed E-state index contributed by atoms with van der Waals surface area (Å²) in [6.07, 6.45) is 8.39. The second kappa shape index (κ2) is 4.41. The third kappa shape index (κ3) is 2.15. The summed E-state index contributed by atoms with van der Waals surface area (Å²) in [5.41, 5.74) is 1.23. The molecule has 1 aliphatic heterocycles. The van der Waals surface area contributed by atoms with Crippen LogP contribution in [0, 0.1) is 0 Å². The van der Waals surface area contributed by atoms with Gasteiger partial charge in [-0.3, -0.25) is 0 Å². The molecule has 2 aromatic heterocycles. The molecule has 1 unspecified atom stereocenters. The fourth-order valence-corrected chi connectivity index (χ4v) is 2.33. The molecule has 0 bridgehead atoms. The smallest absolute Gasteiger partial charge is 0.252 e. The monoisotopic (exact) mass is 231 g/mol. The Hall–Kier alpha value is -1.49. The van der Waals surface area contributed by atoms with Crippen LogP contribution in [0.25, 0.3) is 5.78 Å². The van der Waals surface area contributed by atoms with E-state index in [-0.39, 0.29) is 0 Å². The van der Waals surface area contributed by atoms with E-state index in [4.69, 9.17) is 0 Å². The third-order valence-electron chi connectivity index (χ3n) is 3.25. The molecular weight excluding hydrogens is 214 g/mol. The predicted molar refractivity (Wildman–Crippen MR) is 64.9 cm³/mol. The van der Waals surface area contributed by atoms with Crippen LogP contribution in [0.15, 0.2) is 12.4 Å². The molecule has 2 aromatic rings. The van der Waals surface area contributed by atoms with Crippen LogP contribution < -0.4 is 5.32 Å². The number of nitrogens with one attached hydrogen (secondary N) is 1. The topological polar surface area (TPSA) is 55.1 Å². The van der Waals surface area contributed by atoms with E-state index in [0.29, 0.717) is 11.8 Å². The quantitative estimate of drug-likeness (QED) is 0.855. The zero-order valence-electron chi connectivity index (χ0n) is 10.1. The minimum atomic E-state index is 0.600. The molecule has 0 radical (unpaired) electrons. The van der Waals surface area contributed by atoms with Crippen molar-refractivity contribution in [2.45, 2.75) is 38.6 Å². The lowest BCUT2D eigenvalue weighted by Gasteiger charge is -2.09. The van der Waals surface area contributed by atoms with Gasteiger partial charge < -0.3 is 5.32 Å². The zero-order chi connectivity index (χ0) is 11.7. The summed E-state index contributed by atoms with van der Waals surface area (Å²) in [6.45, 7) is 3.20. The number of fused-ring (bicyclic) bond motifs is 1. The van der Waals surface area contributed by atoms with Gasteiger partial charge in [0.15, 0.2) is 5.82 Å². The van der Waals surface area contributed by atoms with Crippen molar-refractivity contribution < 1.29 is 0 Å². The first-order chi connectivity index (χ1) is 8.35. The average Bonchev–Trinajstić information content (AvgIpc) is 2.96. The minimum Gasteiger partial charge on any atom is -0.314 e. The van der Waals surface area contributed by atoms with E-state index >= 15 is 0 Å².